The summed E-state index contributed by atoms with van der Waals surface area (Å²) in [5, 5.41) is 0.308. The van der Waals surface area contributed by atoms with Crippen LogP contribution in [0.4, 0.5) is 0 Å². The lowest BCUT2D eigenvalue weighted by atomic mass is 10.3. The van der Waals surface area contributed by atoms with Gasteiger partial charge in [-0.3, -0.25) is 0 Å². The van der Waals surface area contributed by atoms with Gasteiger partial charge >= 0.3 is 5.97 Å². The molecule has 90 valence electrons. The van der Waals surface area contributed by atoms with Crippen LogP contribution in [-0.2, 0) is 11.2 Å². The van der Waals surface area contributed by atoms with Crippen molar-refractivity contribution in [1.82, 2.24) is 9.97 Å². The number of halogens is 1. The first-order valence-electron chi connectivity index (χ1n) is 5.28. The summed E-state index contributed by atoms with van der Waals surface area (Å²) in [6.45, 7) is 4.08. The Kier molecular flexibility index (Phi) is 3.59. The summed E-state index contributed by atoms with van der Waals surface area (Å²) in [7, 11) is 0. The van der Waals surface area contributed by atoms with Gasteiger partial charge in [0.15, 0.2) is 5.15 Å². The summed E-state index contributed by atoms with van der Waals surface area (Å²) in [5.41, 5.74) is 0.704. The van der Waals surface area contributed by atoms with Crippen LogP contribution in [0.2, 0.25) is 5.15 Å². The topological polar surface area (TPSA) is 52.1 Å². The van der Waals surface area contributed by atoms with Crippen LogP contribution in [0.5, 0.6) is 0 Å². The van der Waals surface area contributed by atoms with E-state index in [1.807, 2.05) is 6.07 Å². The highest BCUT2D eigenvalue weighted by atomic mass is 35.5. The summed E-state index contributed by atoms with van der Waals surface area (Å²) in [5.74, 6) is -0.523. The third-order valence-electron chi connectivity index (χ3n) is 2.19. The van der Waals surface area contributed by atoms with Gasteiger partial charge in [-0.1, -0.05) is 18.5 Å². The molecule has 0 aliphatic carbocycles. The molecule has 2 aromatic rings. The molecule has 0 N–H and O–H groups in total. The fourth-order valence-corrected chi connectivity index (χ4v) is 2.61. The zero-order valence-corrected chi connectivity index (χ0v) is 11.1. The molecule has 0 radical (unpaired) electrons. The average molecular weight is 271 g/mol. The van der Waals surface area contributed by atoms with E-state index in [-0.39, 0.29) is 5.82 Å². The molecule has 2 heterocycles. The number of fused-ring (bicyclic) bond motifs is 1. The standard InChI is InChI=1S/C11H11ClN2O2S/c1-3-6-5-7-8(17-6)9(12)14-10(13-7)11(15)16-4-2/h5H,3-4H2,1-2H3. The predicted octanol–water partition coefficient (Wildman–Crippen LogP) is 3.08. The third kappa shape index (κ3) is 2.40. The maximum absolute atomic E-state index is 11.5. The van der Waals surface area contributed by atoms with Crippen molar-refractivity contribution in [3.63, 3.8) is 0 Å². The highest BCUT2D eigenvalue weighted by Crippen LogP contribution is 2.29. The van der Waals surface area contributed by atoms with Crippen molar-refractivity contribution in [3.8, 4) is 0 Å². The van der Waals surface area contributed by atoms with Gasteiger partial charge in [0.2, 0.25) is 5.82 Å². The van der Waals surface area contributed by atoms with Gasteiger partial charge in [0.05, 0.1) is 16.8 Å². The fourth-order valence-electron chi connectivity index (χ4n) is 1.41. The minimum absolute atomic E-state index is 0.0183. The minimum Gasteiger partial charge on any atom is -0.460 e. The van der Waals surface area contributed by atoms with E-state index in [2.05, 4.69) is 16.9 Å². The molecule has 0 bridgehead atoms. The van der Waals surface area contributed by atoms with Crippen molar-refractivity contribution in [1.29, 1.82) is 0 Å². The lowest BCUT2D eigenvalue weighted by Gasteiger charge is -2.00. The molecular formula is C11H11ClN2O2S. The van der Waals surface area contributed by atoms with Crippen LogP contribution < -0.4 is 0 Å². The molecule has 0 atom stereocenters. The second kappa shape index (κ2) is 4.98. The Morgan fingerprint density at radius 2 is 2.24 bits per heavy atom. The second-order valence-corrected chi connectivity index (χ2v) is 4.83. The number of hydrogen-bond acceptors (Lipinski definition) is 5. The van der Waals surface area contributed by atoms with E-state index in [9.17, 15) is 4.79 Å². The van der Waals surface area contributed by atoms with Crippen LogP contribution >= 0.6 is 22.9 Å². The first kappa shape index (κ1) is 12.3. The quantitative estimate of drug-likeness (QED) is 0.635. The van der Waals surface area contributed by atoms with Crippen LogP contribution in [-0.4, -0.2) is 22.5 Å². The number of nitrogens with zero attached hydrogens (tertiary/aromatic N) is 2. The van der Waals surface area contributed by atoms with Gasteiger partial charge in [0, 0.05) is 4.88 Å². The zero-order chi connectivity index (χ0) is 12.4. The van der Waals surface area contributed by atoms with E-state index in [1.165, 1.54) is 0 Å². The van der Waals surface area contributed by atoms with Crippen LogP contribution in [0.1, 0.15) is 29.3 Å². The summed E-state index contributed by atoms with van der Waals surface area (Å²) in [6.07, 6.45) is 0.909. The van der Waals surface area contributed by atoms with Crippen LogP contribution in [0.15, 0.2) is 6.07 Å². The van der Waals surface area contributed by atoms with E-state index in [0.717, 1.165) is 16.0 Å². The summed E-state index contributed by atoms with van der Waals surface area (Å²) < 4.78 is 5.66. The molecule has 0 saturated heterocycles. The normalized spacial score (nSPS) is 10.8. The Balaban J connectivity index is 2.50. The maximum atomic E-state index is 11.5. The fraction of sp³-hybridized carbons (Fsp3) is 0.364. The Hall–Kier alpha value is -1.20. The number of ether oxygens (including phenoxy) is 1. The Morgan fingerprint density at radius 3 is 2.88 bits per heavy atom. The van der Waals surface area contributed by atoms with Gasteiger partial charge in [0.25, 0.3) is 0 Å². The van der Waals surface area contributed by atoms with Crippen LogP contribution in [0.3, 0.4) is 0 Å². The number of rotatable bonds is 3. The van der Waals surface area contributed by atoms with Crippen molar-refractivity contribution < 1.29 is 9.53 Å². The molecule has 4 nitrogen and oxygen atoms in total. The maximum Gasteiger partial charge on any atom is 0.376 e. The number of aromatic nitrogens is 2. The molecule has 2 rings (SSSR count). The molecule has 17 heavy (non-hydrogen) atoms. The number of aryl methyl sites for hydroxylation is 1. The Bertz CT molecular complexity index is 568. The number of hydrogen-bond donors (Lipinski definition) is 0. The van der Waals surface area contributed by atoms with Crippen LogP contribution in [0.25, 0.3) is 10.2 Å². The van der Waals surface area contributed by atoms with Gasteiger partial charge in [-0.15, -0.1) is 11.3 Å². The van der Waals surface area contributed by atoms with Gasteiger partial charge in [-0.2, -0.15) is 0 Å². The Labute approximate surface area is 108 Å². The summed E-state index contributed by atoms with van der Waals surface area (Å²) >= 11 is 7.58. The van der Waals surface area contributed by atoms with Gasteiger partial charge in [-0.25, -0.2) is 14.8 Å². The van der Waals surface area contributed by atoms with Crippen LogP contribution in [0, 0.1) is 0 Å². The SMILES string of the molecule is CCOC(=O)c1nc(Cl)c2sc(CC)cc2n1. The smallest absolute Gasteiger partial charge is 0.376 e. The molecular weight excluding hydrogens is 260 g/mol. The Morgan fingerprint density at radius 1 is 1.47 bits per heavy atom. The lowest BCUT2D eigenvalue weighted by Crippen LogP contribution is -2.09. The van der Waals surface area contributed by atoms with E-state index in [1.54, 1.807) is 18.3 Å². The van der Waals surface area contributed by atoms with Crippen molar-refractivity contribution in [2.75, 3.05) is 6.61 Å². The van der Waals surface area contributed by atoms with Gasteiger partial charge in [0.1, 0.15) is 0 Å². The number of esters is 1. The van der Waals surface area contributed by atoms with Crippen molar-refractivity contribution in [3.05, 3.63) is 21.9 Å². The molecule has 0 spiro atoms. The van der Waals surface area contributed by atoms with E-state index >= 15 is 0 Å². The zero-order valence-electron chi connectivity index (χ0n) is 9.49. The van der Waals surface area contributed by atoms with Crippen molar-refractivity contribution in [2.45, 2.75) is 20.3 Å². The van der Waals surface area contributed by atoms with E-state index < -0.39 is 5.97 Å². The van der Waals surface area contributed by atoms with Crippen molar-refractivity contribution >= 4 is 39.1 Å². The number of thiophene rings is 1. The van der Waals surface area contributed by atoms with Gasteiger partial charge < -0.3 is 4.74 Å². The first-order valence-corrected chi connectivity index (χ1v) is 6.48. The van der Waals surface area contributed by atoms with Crippen molar-refractivity contribution in [2.24, 2.45) is 0 Å². The highest BCUT2D eigenvalue weighted by Gasteiger charge is 2.15. The predicted molar refractivity (Wildman–Crippen MR) is 67.8 cm³/mol. The minimum atomic E-state index is -0.541. The largest absolute Gasteiger partial charge is 0.460 e. The third-order valence-corrected chi connectivity index (χ3v) is 3.85. The molecule has 0 aliphatic heterocycles. The molecule has 0 aromatic carbocycles. The number of carbonyl (C=O) groups excluding carboxylic acids is 1. The molecule has 2 aromatic heterocycles. The average Bonchev–Trinajstić information content (AvgIpc) is 2.73. The molecule has 6 heteroatoms. The molecule has 0 aliphatic rings. The lowest BCUT2D eigenvalue weighted by molar-refractivity contribution is 0.0512. The van der Waals surface area contributed by atoms with E-state index in [4.69, 9.17) is 16.3 Å². The monoisotopic (exact) mass is 270 g/mol. The summed E-state index contributed by atoms with van der Waals surface area (Å²) in [6, 6.07) is 1.93. The molecule has 0 saturated carbocycles. The number of carbonyl (C=O) groups is 1. The second-order valence-electron chi connectivity index (χ2n) is 3.34. The van der Waals surface area contributed by atoms with E-state index in [0.29, 0.717) is 17.3 Å². The molecule has 0 unspecified atom stereocenters. The highest BCUT2D eigenvalue weighted by molar-refractivity contribution is 7.19. The van der Waals surface area contributed by atoms with Gasteiger partial charge in [-0.05, 0) is 19.4 Å². The summed E-state index contributed by atoms with van der Waals surface area (Å²) in [4.78, 5) is 20.8. The molecule has 0 fully saturated rings. The molecule has 0 amide bonds. The first-order chi connectivity index (χ1) is 8.15.